The van der Waals surface area contributed by atoms with Gasteiger partial charge in [0, 0.05) is 7.11 Å². The molecule has 6 nitrogen and oxygen atoms in total. The fourth-order valence-corrected chi connectivity index (χ4v) is 0.589. The number of oxime groups is 1. The van der Waals surface area contributed by atoms with E-state index in [2.05, 4.69) is 19.5 Å². The lowest BCUT2D eigenvalue weighted by molar-refractivity contribution is -0.134. The molecule has 0 bridgehead atoms. The Morgan fingerprint density at radius 1 is 1.23 bits per heavy atom. The molecular weight excluding hydrogens is 178 g/mol. The Morgan fingerprint density at radius 3 is 2.23 bits per heavy atom. The van der Waals surface area contributed by atoms with Crippen LogP contribution in [-0.2, 0) is 23.9 Å². The van der Waals surface area contributed by atoms with Gasteiger partial charge in [0.1, 0.15) is 13.7 Å². The number of ether oxygens (including phenoxy) is 2. The summed E-state index contributed by atoms with van der Waals surface area (Å²) in [7, 11) is 3.70. The summed E-state index contributed by atoms with van der Waals surface area (Å²) >= 11 is 0. The van der Waals surface area contributed by atoms with E-state index in [0.29, 0.717) is 0 Å². The number of esters is 1. The lowest BCUT2D eigenvalue weighted by Gasteiger charge is -2.00. The van der Waals surface area contributed by atoms with E-state index >= 15 is 0 Å². The molecule has 0 aliphatic carbocycles. The molecule has 0 amide bonds. The molecule has 0 unspecified atom stereocenters. The van der Waals surface area contributed by atoms with Crippen molar-refractivity contribution < 1.29 is 23.9 Å². The first-order valence-electron chi connectivity index (χ1n) is 3.39. The Labute approximate surface area is 75.4 Å². The summed E-state index contributed by atoms with van der Waals surface area (Å²) in [6, 6.07) is 0. The van der Waals surface area contributed by atoms with E-state index in [9.17, 15) is 9.59 Å². The van der Waals surface area contributed by atoms with E-state index in [1.54, 1.807) is 0 Å². The van der Waals surface area contributed by atoms with Gasteiger partial charge in [0.05, 0.1) is 7.11 Å². The summed E-state index contributed by atoms with van der Waals surface area (Å²) < 4.78 is 8.84. The van der Waals surface area contributed by atoms with E-state index in [-0.39, 0.29) is 6.61 Å². The fraction of sp³-hybridized carbons (Fsp3) is 0.571. The molecule has 0 aliphatic heterocycles. The highest BCUT2D eigenvalue weighted by atomic mass is 16.6. The molecule has 0 saturated carbocycles. The number of ketones is 1. The lowest BCUT2D eigenvalue weighted by Crippen LogP contribution is -2.28. The largest absolute Gasteiger partial charge is 0.464 e. The van der Waals surface area contributed by atoms with Crippen LogP contribution in [0.1, 0.15) is 0 Å². The van der Waals surface area contributed by atoms with Crippen LogP contribution in [0.15, 0.2) is 5.16 Å². The van der Waals surface area contributed by atoms with E-state index in [4.69, 9.17) is 0 Å². The van der Waals surface area contributed by atoms with Crippen molar-refractivity contribution in [3.8, 4) is 0 Å². The third kappa shape index (κ3) is 3.66. The monoisotopic (exact) mass is 189 g/mol. The minimum absolute atomic E-state index is 0.239. The van der Waals surface area contributed by atoms with Gasteiger partial charge in [-0.15, -0.1) is 0 Å². The first-order chi connectivity index (χ1) is 6.17. The van der Waals surface area contributed by atoms with Crippen LogP contribution in [0.5, 0.6) is 0 Å². The second kappa shape index (κ2) is 6.13. The van der Waals surface area contributed by atoms with Crippen molar-refractivity contribution in [3.05, 3.63) is 0 Å². The molecule has 0 radical (unpaired) electrons. The van der Waals surface area contributed by atoms with Crippen LogP contribution >= 0.6 is 0 Å². The summed E-state index contributed by atoms with van der Waals surface area (Å²) in [6.45, 7) is -0.239. The normalized spacial score (nSPS) is 10.8. The van der Waals surface area contributed by atoms with Gasteiger partial charge < -0.3 is 14.3 Å². The van der Waals surface area contributed by atoms with Gasteiger partial charge in [-0.05, 0) is 0 Å². The molecule has 0 rings (SSSR count). The Hall–Kier alpha value is -1.43. The summed E-state index contributed by atoms with van der Waals surface area (Å²) in [6.07, 6.45) is 0. The maximum absolute atomic E-state index is 11.1. The average Bonchev–Trinajstić information content (AvgIpc) is 2.13. The van der Waals surface area contributed by atoms with Crippen molar-refractivity contribution >= 4 is 17.5 Å². The van der Waals surface area contributed by atoms with Crippen LogP contribution in [0.4, 0.5) is 0 Å². The Morgan fingerprint density at radius 2 is 1.85 bits per heavy atom. The van der Waals surface area contributed by atoms with Crippen LogP contribution in [0.3, 0.4) is 0 Å². The number of carbonyl (C=O) groups excluding carboxylic acids is 2. The van der Waals surface area contributed by atoms with E-state index in [1.165, 1.54) is 14.2 Å². The first-order valence-corrected chi connectivity index (χ1v) is 3.39. The number of carbonyl (C=O) groups is 2. The smallest absolute Gasteiger partial charge is 0.363 e. The number of hydrogen-bond acceptors (Lipinski definition) is 6. The van der Waals surface area contributed by atoms with Gasteiger partial charge in [0.25, 0.3) is 0 Å². The highest BCUT2D eigenvalue weighted by Crippen LogP contribution is 1.88. The zero-order valence-electron chi connectivity index (χ0n) is 7.70. The molecule has 0 aromatic heterocycles. The van der Waals surface area contributed by atoms with Gasteiger partial charge in [-0.2, -0.15) is 0 Å². The first kappa shape index (κ1) is 11.6. The van der Waals surface area contributed by atoms with Crippen LogP contribution < -0.4 is 0 Å². The van der Waals surface area contributed by atoms with Crippen molar-refractivity contribution in [2.75, 3.05) is 27.9 Å². The Bertz CT molecular complexity index is 223. The molecule has 0 saturated heterocycles. The van der Waals surface area contributed by atoms with Crippen LogP contribution in [0.2, 0.25) is 0 Å². The molecule has 74 valence electrons. The van der Waals surface area contributed by atoms with Crippen molar-refractivity contribution in [2.45, 2.75) is 0 Å². The van der Waals surface area contributed by atoms with Gasteiger partial charge >= 0.3 is 5.97 Å². The number of methoxy groups -OCH3 is 2. The van der Waals surface area contributed by atoms with Gasteiger partial charge in [0.15, 0.2) is 0 Å². The Kier molecular flexibility index (Phi) is 5.45. The molecule has 13 heavy (non-hydrogen) atoms. The van der Waals surface area contributed by atoms with E-state index < -0.39 is 17.5 Å². The zero-order chi connectivity index (χ0) is 10.3. The van der Waals surface area contributed by atoms with Crippen molar-refractivity contribution in [1.29, 1.82) is 0 Å². The maximum atomic E-state index is 11.1. The summed E-state index contributed by atoms with van der Waals surface area (Å²) in [5.41, 5.74) is -0.410. The molecule has 0 N–H and O–H groups in total. The quantitative estimate of drug-likeness (QED) is 0.249. The molecule has 0 aromatic carbocycles. The van der Waals surface area contributed by atoms with Gasteiger partial charge in [-0.3, -0.25) is 4.79 Å². The predicted molar refractivity (Wildman–Crippen MR) is 43.3 cm³/mol. The molecule has 0 spiro atoms. The van der Waals surface area contributed by atoms with Crippen molar-refractivity contribution in [1.82, 2.24) is 0 Å². The molecular formula is C7H11NO5. The van der Waals surface area contributed by atoms with Gasteiger partial charge in [-0.1, -0.05) is 5.16 Å². The van der Waals surface area contributed by atoms with Crippen LogP contribution in [-0.4, -0.2) is 45.4 Å². The number of rotatable bonds is 5. The minimum Gasteiger partial charge on any atom is -0.464 e. The molecule has 0 aliphatic rings. The molecule has 0 atom stereocenters. The average molecular weight is 189 g/mol. The second-order valence-corrected chi connectivity index (χ2v) is 1.97. The van der Waals surface area contributed by atoms with E-state index in [0.717, 1.165) is 7.11 Å². The third-order valence-corrected chi connectivity index (χ3v) is 1.10. The fourth-order valence-electron chi connectivity index (χ4n) is 0.589. The standard InChI is InChI=1S/C7H11NO5/c1-11-4-5(9)6(8-13-3)7(10)12-2/h4H2,1-3H3/b8-6-. The highest BCUT2D eigenvalue weighted by molar-refractivity contribution is 6.64. The van der Waals surface area contributed by atoms with Crippen molar-refractivity contribution in [3.63, 3.8) is 0 Å². The van der Waals surface area contributed by atoms with Crippen molar-refractivity contribution in [2.24, 2.45) is 5.16 Å². The predicted octanol–water partition coefficient (Wildman–Crippen LogP) is -0.623. The van der Waals surface area contributed by atoms with Crippen LogP contribution in [0.25, 0.3) is 0 Å². The Balaban J connectivity index is 4.52. The minimum atomic E-state index is -0.844. The van der Waals surface area contributed by atoms with Gasteiger partial charge in [0.2, 0.25) is 11.5 Å². The molecule has 6 heteroatoms. The summed E-state index contributed by atoms with van der Waals surface area (Å²) in [5, 5.41) is 3.23. The summed E-state index contributed by atoms with van der Waals surface area (Å²) in [5.74, 6) is -1.43. The molecule has 0 aromatic rings. The van der Waals surface area contributed by atoms with Crippen LogP contribution in [0, 0.1) is 0 Å². The number of nitrogens with zero attached hydrogens (tertiary/aromatic N) is 1. The molecule has 0 fully saturated rings. The third-order valence-electron chi connectivity index (χ3n) is 1.10. The summed E-state index contributed by atoms with van der Waals surface area (Å²) in [4.78, 5) is 26.3. The zero-order valence-corrected chi connectivity index (χ0v) is 7.70. The van der Waals surface area contributed by atoms with E-state index in [1.807, 2.05) is 0 Å². The molecule has 0 heterocycles. The topological polar surface area (TPSA) is 74.2 Å². The van der Waals surface area contributed by atoms with Gasteiger partial charge in [-0.25, -0.2) is 4.79 Å². The maximum Gasteiger partial charge on any atom is 0.363 e. The number of Topliss-reactive ketones (excluding diaryl/α,β-unsaturated/α-hetero) is 1. The second-order valence-electron chi connectivity index (χ2n) is 1.97. The SMILES string of the molecule is COCC(=O)/C(=N/OC)C(=O)OC. The highest BCUT2D eigenvalue weighted by Gasteiger charge is 2.21. The number of hydrogen-bond donors (Lipinski definition) is 0. The lowest BCUT2D eigenvalue weighted by atomic mass is 10.2.